The number of carboxylic acid groups (broad SMARTS) is 1. The minimum atomic E-state index is -0.876. The fraction of sp³-hybridized carbons (Fsp3) is 0.429. The van der Waals surface area contributed by atoms with Gasteiger partial charge in [-0.3, -0.25) is 9.59 Å². The average Bonchev–Trinajstić information content (AvgIpc) is 3.09. The molecule has 1 fully saturated rings. The zero-order valence-electron chi connectivity index (χ0n) is 10.5. The first-order valence-electron chi connectivity index (χ1n) is 6.09. The van der Waals surface area contributed by atoms with E-state index >= 15 is 0 Å². The van der Waals surface area contributed by atoms with Gasteiger partial charge in [-0.05, 0) is 31.4 Å². The van der Waals surface area contributed by atoms with Gasteiger partial charge < -0.3 is 10.4 Å². The summed E-state index contributed by atoms with van der Waals surface area (Å²) in [5.41, 5.74) is 2.19. The molecule has 1 aromatic carbocycles. The second kappa shape index (κ2) is 4.80. The molecule has 1 amide bonds. The third-order valence-electron chi connectivity index (χ3n) is 3.46. The van der Waals surface area contributed by atoms with Gasteiger partial charge in [0.15, 0.2) is 0 Å². The van der Waals surface area contributed by atoms with Crippen molar-refractivity contribution < 1.29 is 14.7 Å². The molecule has 1 aliphatic rings. The molecule has 1 aliphatic carbocycles. The molecular weight excluding hydrogens is 230 g/mol. The van der Waals surface area contributed by atoms with Gasteiger partial charge in [0.1, 0.15) is 0 Å². The van der Waals surface area contributed by atoms with E-state index in [2.05, 4.69) is 5.32 Å². The fourth-order valence-electron chi connectivity index (χ4n) is 2.23. The summed E-state index contributed by atoms with van der Waals surface area (Å²) >= 11 is 0. The maximum atomic E-state index is 11.8. The number of carboxylic acids is 1. The summed E-state index contributed by atoms with van der Waals surface area (Å²) in [6, 6.07) is 7.77. The van der Waals surface area contributed by atoms with Crippen LogP contribution in [-0.4, -0.2) is 17.0 Å². The van der Waals surface area contributed by atoms with Crippen molar-refractivity contribution in [2.24, 2.45) is 11.8 Å². The van der Waals surface area contributed by atoms with Crippen molar-refractivity contribution in [3.63, 3.8) is 0 Å². The van der Waals surface area contributed by atoms with Crippen molar-refractivity contribution in [1.82, 2.24) is 5.32 Å². The molecule has 0 radical (unpaired) electrons. The van der Waals surface area contributed by atoms with Crippen LogP contribution in [0.2, 0.25) is 0 Å². The Morgan fingerprint density at radius 1 is 1.33 bits per heavy atom. The van der Waals surface area contributed by atoms with Gasteiger partial charge >= 0.3 is 5.97 Å². The summed E-state index contributed by atoms with van der Waals surface area (Å²) in [5, 5.41) is 11.7. The van der Waals surface area contributed by atoms with Gasteiger partial charge in [-0.1, -0.05) is 24.3 Å². The molecule has 0 heterocycles. The Morgan fingerprint density at radius 3 is 2.56 bits per heavy atom. The molecule has 0 aromatic heterocycles. The molecule has 0 aliphatic heterocycles. The number of benzene rings is 1. The van der Waals surface area contributed by atoms with Crippen molar-refractivity contribution in [1.29, 1.82) is 0 Å². The van der Waals surface area contributed by atoms with Crippen LogP contribution in [0.5, 0.6) is 0 Å². The molecule has 2 unspecified atom stereocenters. The van der Waals surface area contributed by atoms with Crippen LogP contribution in [-0.2, 0) is 9.59 Å². The number of carbonyl (C=O) groups excluding carboxylic acids is 1. The van der Waals surface area contributed by atoms with E-state index in [1.165, 1.54) is 0 Å². The minimum Gasteiger partial charge on any atom is -0.481 e. The molecule has 18 heavy (non-hydrogen) atoms. The Morgan fingerprint density at radius 2 is 2.00 bits per heavy atom. The van der Waals surface area contributed by atoms with Crippen molar-refractivity contribution in [2.75, 3.05) is 0 Å². The number of aryl methyl sites for hydroxylation is 1. The second-order valence-electron chi connectivity index (χ2n) is 4.87. The Kier molecular flexibility index (Phi) is 3.36. The highest BCUT2D eigenvalue weighted by Gasteiger charge is 2.48. The lowest BCUT2D eigenvalue weighted by Crippen LogP contribution is -2.29. The molecule has 4 heteroatoms. The molecule has 0 spiro atoms. The smallest absolute Gasteiger partial charge is 0.307 e. The first-order valence-corrected chi connectivity index (χ1v) is 6.09. The van der Waals surface area contributed by atoms with Crippen molar-refractivity contribution in [2.45, 2.75) is 26.3 Å². The SMILES string of the molecule is Cc1ccccc1[C@@H](C)NC(=O)C1CC1C(=O)O. The normalized spacial score (nSPS) is 23.2. The number of amides is 1. The number of hydrogen-bond acceptors (Lipinski definition) is 2. The van der Waals surface area contributed by atoms with Gasteiger partial charge in [0, 0.05) is 0 Å². The minimum absolute atomic E-state index is 0.0891. The molecule has 2 N–H and O–H groups in total. The molecule has 0 saturated heterocycles. The number of hydrogen-bond donors (Lipinski definition) is 2. The van der Waals surface area contributed by atoms with Gasteiger partial charge in [0.2, 0.25) is 5.91 Å². The summed E-state index contributed by atoms with van der Waals surface area (Å²) in [4.78, 5) is 22.5. The van der Waals surface area contributed by atoms with Crippen LogP contribution in [0.15, 0.2) is 24.3 Å². The highest BCUT2D eigenvalue weighted by atomic mass is 16.4. The monoisotopic (exact) mass is 247 g/mol. The lowest BCUT2D eigenvalue weighted by Gasteiger charge is -2.16. The summed E-state index contributed by atoms with van der Waals surface area (Å²) < 4.78 is 0. The van der Waals surface area contributed by atoms with Crippen LogP contribution < -0.4 is 5.32 Å². The van der Waals surface area contributed by atoms with E-state index < -0.39 is 11.9 Å². The highest BCUT2D eigenvalue weighted by Crippen LogP contribution is 2.39. The molecule has 4 nitrogen and oxygen atoms in total. The summed E-state index contributed by atoms with van der Waals surface area (Å²) in [6.45, 7) is 3.91. The van der Waals surface area contributed by atoms with Gasteiger partial charge in [0.05, 0.1) is 17.9 Å². The first-order chi connectivity index (χ1) is 8.50. The maximum absolute atomic E-state index is 11.8. The lowest BCUT2D eigenvalue weighted by molar-refractivity contribution is -0.140. The Balaban J connectivity index is 1.97. The average molecular weight is 247 g/mol. The first kappa shape index (κ1) is 12.6. The molecule has 96 valence electrons. The molecule has 2 rings (SSSR count). The van der Waals surface area contributed by atoms with Crippen LogP contribution in [0.25, 0.3) is 0 Å². The van der Waals surface area contributed by atoms with Crippen molar-refractivity contribution in [3.8, 4) is 0 Å². The molecule has 1 saturated carbocycles. The lowest BCUT2D eigenvalue weighted by atomic mass is 10.0. The third kappa shape index (κ3) is 2.53. The summed E-state index contributed by atoms with van der Waals surface area (Å²) in [7, 11) is 0. The molecule has 1 aromatic rings. The molecule has 0 bridgehead atoms. The van der Waals surface area contributed by atoms with Crippen LogP contribution in [0.3, 0.4) is 0 Å². The van der Waals surface area contributed by atoms with Gasteiger partial charge in [-0.25, -0.2) is 0 Å². The van der Waals surface area contributed by atoms with Crippen LogP contribution in [0.4, 0.5) is 0 Å². The van der Waals surface area contributed by atoms with E-state index in [9.17, 15) is 9.59 Å². The van der Waals surface area contributed by atoms with Crippen molar-refractivity contribution >= 4 is 11.9 Å². The van der Waals surface area contributed by atoms with E-state index in [-0.39, 0.29) is 17.9 Å². The van der Waals surface area contributed by atoms with E-state index in [0.717, 1.165) is 11.1 Å². The van der Waals surface area contributed by atoms with E-state index in [1.807, 2.05) is 38.1 Å². The number of aliphatic carboxylic acids is 1. The predicted octanol–water partition coefficient (Wildman–Crippen LogP) is 1.89. The fourth-order valence-corrected chi connectivity index (χ4v) is 2.23. The van der Waals surface area contributed by atoms with Gasteiger partial charge in [-0.15, -0.1) is 0 Å². The zero-order valence-corrected chi connectivity index (χ0v) is 10.5. The highest BCUT2D eigenvalue weighted by molar-refractivity contribution is 5.89. The topological polar surface area (TPSA) is 66.4 Å². The number of nitrogens with one attached hydrogen (secondary N) is 1. The van der Waals surface area contributed by atoms with Crippen molar-refractivity contribution in [3.05, 3.63) is 35.4 Å². The van der Waals surface area contributed by atoms with E-state index in [0.29, 0.717) is 6.42 Å². The summed E-state index contributed by atoms with van der Waals surface area (Å²) in [6.07, 6.45) is 0.460. The van der Waals surface area contributed by atoms with Gasteiger partial charge in [-0.2, -0.15) is 0 Å². The Hall–Kier alpha value is -1.84. The molecular formula is C14H17NO3. The van der Waals surface area contributed by atoms with Crippen LogP contribution in [0, 0.1) is 18.8 Å². The Bertz CT molecular complexity index is 484. The standard InChI is InChI=1S/C14H17NO3/c1-8-5-3-4-6-10(8)9(2)15-13(16)11-7-12(11)14(17)18/h3-6,9,11-12H,7H2,1-2H3,(H,15,16)(H,17,18)/t9-,11?,12?/m1/s1. The Labute approximate surface area is 106 Å². The number of rotatable bonds is 4. The van der Waals surface area contributed by atoms with Crippen LogP contribution >= 0.6 is 0 Å². The van der Waals surface area contributed by atoms with E-state index in [4.69, 9.17) is 5.11 Å². The largest absolute Gasteiger partial charge is 0.481 e. The molecule has 3 atom stereocenters. The third-order valence-corrected chi connectivity index (χ3v) is 3.46. The van der Waals surface area contributed by atoms with Crippen LogP contribution in [0.1, 0.15) is 30.5 Å². The summed E-state index contributed by atoms with van der Waals surface area (Å²) in [5.74, 6) is -1.88. The number of carbonyl (C=O) groups is 2. The quantitative estimate of drug-likeness (QED) is 0.853. The van der Waals surface area contributed by atoms with Gasteiger partial charge in [0.25, 0.3) is 0 Å². The second-order valence-corrected chi connectivity index (χ2v) is 4.87. The zero-order chi connectivity index (χ0) is 13.3. The maximum Gasteiger partial charge on any atom is 0.307 e. The predicted molar refractivity (Wildman–Crippen MR) is 67.0 cm³/mol. The van der Waals surface area contributed by atoms with E-state index in [1.54, 1.807) is 0 Å².